The zero-order valence-corrected chi connectivity index (χ0v) is 13.3. The normalized spacial score (nSPS) is 23.0. The maximum absolute atomic E-state index is 12.0. The number of nitrogens with zero attached hydrogens (tertiary/aromatic N) is 1. The summed E-state index contributed by atoms with van der Waals surface area (Å²) in [6.07, 6.45) is 2.78. The first-order valence-electron chi connectivity index (χ1n) is 7.58. The van der Waals surface area contributed by atoms with Crippen LogP contribution in [0.5, 0.6) is 0 Å². The molecule has 4 nitrogen and oxygen atoms in total. The van der Waals surface area contributed by atoms with E-state index in [9.17, 15) is 4.79 Å². The molecule has 0 aromatic heterocycles. The predicted octanol–water partition coefficient (Wildman–Crippen LogP) is 2.73. The number of nitrogens with two attached hydrogens (primary N) is 1. The molecule has 0 saturated carbocycles. The van der Waals surface area contributed by atoms with E-state index in [4.69, 9.17) is 17.3 Å². The quantitative estimate of drug-likeness (QED) is 0.879. The zero-order chi connectivity index (χ0) is 15.2. The highest BCUT2D eigenvalue weighted by atomic mass is 35.5. The minimum absolute atomic E-state index is 0.00232. The minimum Gasteiger partial charge on any atom is -0.329 e. The average molecular weight is 310 g/mol. The Labute approximate surface area is 131 Å². The van der Waals surface area contributed by atoms with Crippen molar-refractivity contribution in [1.29, 1.82) is 0 Å². The molecule has 1 aromatic rings. The van der Waals surface area contributed by atoms with Crippen LogP contribution in [-0.4, -0.2) is 36.5 Å². The summed E-state index contributed by atoms with van der Waals surface area (Å²) in [6, 6.07) is 7.69. The lowest BCUT2D eigenvalue weighted by Gasteiger charge is -2.37. The fourth-order valence-corrected chi connectivity index (χ4v) is 3.04. The van der Waals surface area contributed by atoms with Crippen molar-refractivity contribution in [3.8, 4) is 0 Å². The number of anilines is 1. The summed E-state index contributed by atoms with van der Waals surface area (Å²) in [5.74, 6) is 0.726. The Balaban J connectivity index is 1.82. The third-order valence-electron chi connectivity index (χ3n) is 4.15. The topological polar surface area (TPSA) is 58.4 Å². The minimum atomic E-state index is -0.00232. The van der Waals surface area contributed by atoms with Gasteiger partial charge in [0.15, 0.2) is 0 Å². The molecule has 1 aromatic carbocycles. The van der Waals surface area contributed by atoms with E-state index in [0.29, 0.717) is 29.7 Å². The number of hydrogen-bond acceptors (Lipinski definition) is 3. The Morgan fingerprint density at radius 3 is 2.95 bits per heavy atom. The van der Waals surface area contributed by atoms with Gasteiger partial charge in [0, 0.05) is 25.6 Å². The number of halogens is 1. The number of piperidine rings is 1. The molecule has 0 bridgehead atoms. The van der Waals surface area contributed by atoms with Crippen molar-refractivity contribution in [3.05, 3.63) is 29.3 Å². The third-order valence-corrected chi connectivity index (χ3v) is 4.48. The van der Waals surface area contributed by atoms with Gasteiger partial charge in [-0.1, -0.05) is 30.7 Å². The highest BCUT2D eigenvalue weighted by molar-refractivity contribution is 6.33. The van der Waals surface area contributed by atoms with Crippen LogP contribution in [0, 0.1) is 5.92 Å². The fourth-order valence-electron chi connectivity index (χ4n) is 2.86. The maximum atomic E-state index is 12.0. The van der Waals surface area contributed by atoms with Gasteiger partial charge in [0.25, 0.3) is 0 Å². The molecule has 21 heavy (non-hydrogen) atoms. The number of para-hydroxylation sites is 1. The average Bonchev–Trinajstić information content (AvgIpc) is 2.48. The van der Waals surface area contributed by atoms with E-state index in [1.807, 2.05) is 18.2 Å². The third kappa shape index (κ3) is 4.70. The van der Waals surface area contributed by atoms with Crippen molar-refractivity contribution in [2.45, 2.75) is 32.2 Å². The Morgan fingerprint density at radius 1 is 1.48 bits per heavy atom. The van der Waals surface area contributed by atoms with Gasteiger partial charge >= 0.3 is 0 Å². The summed E-state index contributed by atoms with van der Waals surface area (Å²) < 4.78 is 0. The van der Waals surface area contributed by atoms with E-state index < -0.39 is 0 Å². The lowest BCUT2D eigenvalue weighted by atomic mass is 9.92. The van der Waals surface area contributed by atoms with Crippen LogP contribution in [-0.2, 0) is 4.79 Å². The van der Waals surface area contributed by atoms with Crippen LogP contribution in [0.1, 0.15) is 26.2 Å². The number of nitrogens with one attached hydrogen (secondary N) is 1. The van der Waals surface area contributed by atoms with Crippen molar-refractivity contribution in [2.24, 2.45) is 11.7 Å². The molecule has 1 saturated heterocycles. The highest BCUT2D eigenvalue weighted by Crippen LogP contribution is 2.23. The number of carbonyl (C=O) groups excluding carboxylic acids is 1. The molecule has 5 heteroatoms. The van der Waals surface area contributed by atoms with Crippen molar-refractivity contribution >= 4 is 23.2 Å². The van der Waals surface area contributed by atoms with E-state index in [1.165, 1.54) is 6.42 Å². The molecule has 1 heterocycles. The van der Waals surface area contributed by atoms with Gasteiger partial charge in [0.05, 0.1) is 10.7 Å². The predicted molar refractivity (Wildman–Crippen MR) is 87.5 cm³/mol. The van der Waals surface area contributed by atoms with Crippen molar-refractivity contribution in [1.82, 2.24) is 4.90 Å². The lowest BCUT2D eigenvalue weighted by molar-refractivity contribution is -0.116. The van der Waals surface area contributed by atoms with Gasteiger partial charge in [-0.15, -0.1) is 0 Å². The Bertz CT molecular complexity index is 480. The molecular weight excluding hydrogens is 286 g/mol. The van der Waals surface area contributed by atoms with E-state index in [2.05, 4.69) is 17.1 Å². The van der Waals surface area contributed by atoms with Crippen molar-refractivity contribution in [3.63, 3.8) is 0 Å². The van der Waals surface area contributed by atoms with E-state index >= 15 is 0 Å². The molecule has 2 unspecified atom stereocenters. The summed E-state index contributed by atoms with van der Waals surface area (Å²) in [7, 11) is 0. The molecule has 1 fully saturated rings. The van der Waals surface area contributed by atoms with Gasteiger partial charge in [-0.3, -0.25) is 9.69 Å². The van der Waals surface area contributed by atoms with Crippen LogP contribution in [0.2, 0.25) is 5.02 Å². The Hall–Kier alpha value is -1.10. The summed E-state index contributed by atoms with van der Waals surface area (Å²) >= 11 is 6.04. The standard InChI is InChI=1S/C16H24ClN3O/c1-12-6-8-20(13(10-12)11-18)9-7-16(21)19-15-5-3-2-4-14(15)17/h2-5,12-13H,6-11,18H2,1H3,(H,19,21). The van der Waals surface area contributed by atoms with E-state index in [0.717, 1.165) is 25.4 Å². The van der Waals surface area contributed by atoms with Gasteiger partial charge in [-0.2, -0.15) is 0 Å². The summed E-state index contributed by atoms with van der Waals surface area (Å²) in [6.45, 7) is 4.72. The first kappa shape index (κ1) is 16.3. The summed E-state index contributed by atoms with van der Waals surface area (Å²) in [5, 5.41) is 3.43. The SMILES string of the molecule is CC1CCN(CCC(=O)Nc2ccccc2Cl)C(CN)C1. The van der Waals surface area contributed by atoms with Gasteiger partial charge in [0.2, 0.25) is 5.91 Å². The zero-order valence-electron chi connectivity index (χ0n) is 12.5. The molecule has 2 rings (SSSR count). The van der Waals surface area contributed by atoms with Crippen LogP contribution in [0.4, 0.5) is 5.69 Å². The summed E-state index contributed by atoms with van der Waals surface area (Å²) in [5.41, 5.74) is 6.52. The molecule has 116 valence electrons. The largest absolute Gasteiger partial charge is 0.329 e. The Morgan fingerprint density at radius 2 is 2.24 bits per heavy atom. The van der Waals surface area contributed by atoms with Gasteiger partial charge in [0.1, 0.15) is 0 Å². The van der Waals surface area contributed by atoms with Crippen LogP contribution in [0.25, 0.3) is 0 Å². The second kappa shape index (κ2) is 7.78. The van der Waals surface area contributed by atoms with Gasteiger partial charge in [-0.05, 0) is 37.4 Å². The number of rotatable bonds is 5. The molecule has 2 atom stereocenters. The van der Waals surface area contributed by atoms with Crippen LogP contribution < -0.4 is 11.1 Å². The smallest absolute Gasteiger partial charge is 0.225 e. The molecule has 1 amide bonds. The molecule has 0 aliphatic carbocycles. The number of amides is 1. The lowest BCUT2D eigenvalue weighted by Crippen LogP contribution is -2.47. The first-order valence-corrected chi connectivity index (χ1v) is 7.96. The second-order valence-electron chi connectivity index (χ2n) is 5.83. The second-order valence-corrected chi connectivity index (χ2v) is 6.24. The number of hydrogen-bond donors (Lipinski definition) is 2. The Kier molecular flexibility index (Phi) is 6.03. The molecule has 0 spiro atoms. The maximum Gasteiger partial charge on any atom is 0.225 e. The van der Waals surface area contributed by atoms with Crippen molar-refractivity contribution < 1.29 is 4.79 Å². The molecular formula is C16H24ClN3O. The van der Waals surface area contributed by atoms with Crippen LogP contribution in [0.15, 0.2) is 24.3 Å². The van der Waals surface area contributed by atoms with Crippen molar-refractivity contribution in [2.75, 3.05) is 25.0 Å². The van der Waals surface area contributed by atoms with Crippen LogP contribution >= 0.6 is 11.6 Å². The number of carbonyl (C=O) groups is 1. The number of benzene rings is 1. The van der Waals surface area contributed by atoms with Crippen LogP contribution in [0.3, 0.4) is 0 Å². The molecule has 1 aliphatic heterocycles. The summed E-state index contributed by atoms with van der Waals surface area (Å²) in [4.78, 5) is 14.4. The van der Waals surface area contributed by atoms with Gasteiger partial charge in [-0.25, -0.2) is 0 Å². The molecule has 3 N–H and O–H groups in total. The molecule has 0 radical (unpaired) electrons. The van der Waals surface area contributed by atoms with E-state index in [-0.39, 0.29) is 5.91 Å². The van der Waals surface area contributed by atoms with Gasteiger partial charge < -0.3 is 11.1 Å². The monoisotopic (exact) mass is 309 g/mol. The van der Waals surface area contributed by atoms with E-state index in [1.54, 1.807) is 6.07 Å². The molecule has 1 aliphatic rings. The highest BCUT2D eigenvalue weighted by Gasteiger charge is 2.25. The fraction of sp³-hybridized carbons (Fsp3) is 0.562. The first-order chi connectivity index (χ1) is 10.1. The number of likely N-dealkylation sites (tertiary alicyclic amines) is 1.